The van der Waals surface area contributed by atoms with Crippen molar-refractivity contribution in [3.63, 3.8) is 0 Å². The maximum atomic E-state index is 13.9. The molecule has 1 N–H and O–H groups in total. The van der Waals surface area contributed by atoms with Gasteiger partial charge in [-0.1, -0.05) is 29.2 Å². The summed E-state index contributed by atoms with van der Waals surface area (Å²) in [5, 5.41) is 20.2. The van der Waals surface area contributed by atoms with E-state index >= 15 is 0 Å². The number of thioether (sulfide) groups is 1. The van der Waals surface area contributed by atoms with Gasteiger partial charge < -0.3 is 4.74 Å². The Morgan fingerprint density at radius 3 is 2.83 bits per heavy atom. The van der Waals surface area contributed by atoms with Crippen molar-refractivity contribution in [3.05, 3.63) is 53.3 Å². The quantitative estimate of drug-likeness (QED) is 0.390. The number of nitrogens with zero attached hydrogens (tertiary/aromatic N) is 5. The first-order chi connectivity index (χ1) is 14.4. The summed E-state index contributed by atoms with van der Waals surface area (Å²) in [5.74, 6) is -1.36. The van der Waals surface area contributed by atoms with Gasteiger partial charge in [-0.3, -0.25) is 14.7 Å². The van der Waals surface area contributed by atoms with Gasteiger partial charge in [-0.2, -0.15) is 0 Å². The maximum Gasteiger partial charge on any atom is 0.236 e. The number of rotatable bonds is 9. The largest absolute Gasteiger partial charge is 0.480 e. The van der Waals surface area contributed by atoms with Crippen LogP contribution in [0.1, 0.15) is 23.9 Å². The van der Waals surface area contributed by atoms with Crippen molar-refractivity contribution in [1.29, 1.82) is 0 Å². The van der Waals surface area contributed by atoms with Crippen molar-refractivity contribution in [2.45, 2.75) is 31.7 Å². The second-order valence-electron chi connectivity index (χ2n) is 6.04. The van der Waals surface area contributed by atoms with E-state index in [1.807, 2.05) is 0 Å². The molecule has 3 aromatic rings. The van der Waals surface area contributed by atoms with Gasteiger partial charge in [0.15, 0.2) is 28.7 Å². The van der Waals surface area contributed by atoms with Crippen LogP contribution in [0.25, 0.3) is 0 Å². The lowest BCUT2D eigenvalue weighted by Gasteiger charge is -2.16. The number of allylic oxidation sites excluding steroid dienone is 1. The monoisotopic (exact) mass is 452 g/mol. The van der Waals surface area contributed by atoms with Crippen molar-refractivity contribution in [1.82, 2.24) is 25.0 Å². The first kappa shape index (κ1) is 21.8. The first-order valence-corrected chi connectivity index (χ1v) is 10.6. The van der Waals surface area contributed by atoms with E-state index in [1.165, 1.54) is 29.2 Å². The molecule has 158 valence electrons. The molecule has 1 aromatic carbocycles. The van der Waals surface area contributed by atoms with Gasteiger partial charge in [-0.15, -0.1) is 27.0 Å². The fraction of sp³-hybridized carbons (Fsp3) is 0.278. The minimum absolute atomic E-state index is 0.0791. The predicted molar refractivity (Wildman–Crippen MR) is 110 cm³/mol. The molecule has 0 spiro atoms. The van der Waals surface area contributed by atoms with E-state index in [0.717, 1.165) is 17.1 Å². The van der Waals surface area contributed by atoms with E-state index in [4.69, 9.17) is 4.74 Å². The minimum Gasteiger partial charge on any atom is -0.480 e. The highest BCUT2D eigenvalue weighted by Crippen LogP contribution is 2.27. The minimum atomic E-state index is -0.810. The number of carbonyl (C=O) groups is 1. The molecule has 12 heteroatoms. The number of aromatic nitrogens is 5. The third-order valence-electron chi connectivity index (χ3n) is 3.72. The smallest absolute Gasteiger partial charge is 0.236 e. The van der Waals surface area contributed by atoms with E-state index < -0.39 is 17.7 Å². The van der Waals surface area contributed by atoms with Crippen LogP contribution >= 0.6 is 23.1 Å². The summed E-state index contributed by atoms with van der Waals surface area (Å²) in [5.41, 5.74) is 0. The van der Waals surface area contributed by atoms with Crippen LogP contribution in [-0.2, 0) is 11.3 Å². The number of nitrogens with one attached hydrogen (secondary N) is 1. The lowest BCUT2D eigenvalue weighted by molar-refractivity contribution is -0.113. The molecule has 0 bridgehead atoms. The summed E-state index contributed by atoms with van der Waals surface area (Å²) in [6.07, 6.45) is 0.969. The number of hydrogen-bond acceptors (Lipinski definition) is 8. The molecule has 0 radical (unpaired) electrons. The molecule has 1 unspecified atom stereocenters. The number of halogens is 2. The van der Waals surface area contributed by atoms with Crippen molar-refractivity contribution in [3.8, 4) is 5.75 Å². The zero-order chi connectivity index (χ0) is 21.7. The predicted octanol–water partition coefficient (Wildman–Crippen LogP) is 3.77. The zero-order valence-corrected chi connectivity index (χ0v) is 17.8. The van der Waals surface area contributed by atoms with Gasteiger partial charge in [0.25, 0.3) is 0 Å². The summed E-state index contributed by atoms with van der Waals surface area (Å²) in [6.45, 7) is 7.55. The molecule has 0 saturated carbocycles. The Hall–Kier alpha value is -2.86. The van der Waals surface area contributed by atoms with E-state index in [0.29, 0.717) is 22.7 Å². The maximum absolute atomic E-state index is 13.9. The summed E-state index contributed by atoms with van der Waals surface area (Å²) in [4.78, 5) is 12.1. The Bertz CT molecular complexity index is 1060. The Morgan fingerprint density at radius 2 is 2.17 bits per heavy atom. The van der Waals surface area contributed by atoms with Gasteiger partial charge in [0.2, 0.25) is 11.0 Å². The number of aryl methyl sites for hydroxylation is 1. The summed E-state index contributed by atoms with van der Waals surface area (Å²) in [6, 6.07) is 3.07. The molecule has 0 aliphatic heterocycles. The van der Waals surface area contributed by atoms with Crippen LogP contribution in [0.15, 0.2) is 36.0 Å². The Morgan fingerprint density at radius 1 is 1.37 bits per heavy atom. The molecule has 3 rings (SSSR count). The van der Waals surface area contributed by atoms with Crippen LogP contribution in [-0.4, -0.2) is 36.6 Å². The van der Waals surface area contributed by atoms with Crippen molar-refractivity contribution in [2.75, 3.05) is 11.1 Å². The number of hydrogen-bond donors (Lipinski definition) is 1. The fourth-order valence-corrected chi connectivity index (χ4v) is 3.82. The number of ether oxygens (including phenoxy) is 1. The van der Waals surface area contributed by atoms with Crippen molar-refractivity contribution < 1.29 is 18.3 Å². The number of carbonyl (C=O) groups excluding carboxylic acids is 1. The highest BCUT2D eigenvalue weighted by molar-refractivity contribution is 7.99. The molecule has 0 aliphatic rings. The van der Waals surface area contributed by atoms with Gasteiger partial charge in [-0.25, -0.2) is 8.78 Å². The second-order valence-corrected chi connectivity index (χ2v) is 8.16. The highest BCUT2D eigenvalue weighted by atomic mass is 32.2. The van der Waals surface area contributed by atoms with Gasteiger partial charge in [0.05, 0.1) is 5.75 Å². The van der Waals surface area contributed by atoms with Gasteiger partial charge >= 0.3 is 0 Å². The number of benzene rings is 1. The van der Waals surface area contributed by atoms with Gasteiger partial charge in [-0.05, 0) is 26.0 Å². The molecule has 0 fully saturated rings. The lowest BCUT2D eigenvalue weighted by Crippen LogP contribution is -2.15. The Labute approximate surface area is 179 Å². The SMILES string of the molecule is C=CCn1c(SCC(=O)Nc2nnc(C)s2)nnc1C(C)Oc1ccc(F)cc1F. The van der Waals surface area contributed by atoms with Crippen LogP contribution in [0, 0.1) is 18.6 Å². The summed E-state index contributed by atoms with van der Waals surface area (Å²) >= 11 is 2.46. The molecule has 2 heterocycles. The normalized spacial score (nSPS) is 11.9. The second kappa shape index (κ2) is 9.76. The third-order valence-corrected chi connectivity index (χ3v) is 5.44. The fourth-order valence-electron chi connectivity index (χ4n) is 2.45. The summed E-state index contributed by atoms with van der Waals surface area (Å²) < 4.78 is 34.3. The van der Waals surface area contributed by atoms with Gasteiger partial charge in [0.1, 0.15) is 10.8 Å². The Balaban J connectivity index is 1.69. The van der Waals surface area contributed by atoms with Crippen LogP contribution in [0.5, 0.6) is 5.75 Å². The van der Waals surface area contributed by atoms with Crippen molar-refractivity contribution in [2.24, 2.45) is 0 Å². The standard InChI is InChI=1S/C18H18F2N6O2S2/c1-4-7-26-16(10(2)28-14-6-5-12(19)8-13(14)20)23-25-18(26)29-9-15(27)21-17-24-22-11(3)30-17/h4-6,8,10H,1,7,9H2,2-3H3,(H,21,24,27). The molecule has 30 heavy (non-hydrogen) atoms. The molecule has 0 saturated heterocycles. The molecule has 8 nitrogen and oxygen atoms in total. The molecule has 2 aromatic heterocycles. The topological polar surface area (TPSA) is 94.8 Å². The third kappa shape index (κ3) is 5.39. The molecule has 1 atom stereocenters. The van der Waals surface area contributed by atoms with Crippen LogP contribution in [0.3, 0.4) is 0 Å². The zero-order valence-electron chi connectivity index (χ0n) is 16.1. The lowest BCUT2D eigenvalue weighted by atomic mass is 10.3. The van der Waals surface area contributed by atoms with Gasteiger partial charge in [0, 0.05) is 12.6 Å². The van der Waals surface area contributed by atoms with Crippen LogP contribution < -0.4 is 10.1 Å². The average molecular weight is 453 g/mol. The van der Waals surface area contributed by atoms with Crippen molar-refractivity contribution >= 4 is 34.1 Å². The molecular formula is C18H18F2N6O2S2. The van der Waals surface area contributed by atoms with E-state index in [9.17, 15) is 13.6 Å². The van der Waals surface area contributed by atoms with E-state index in [1.54, 1.807) is 24.5 Å². The van der Waals surface area contributed by atoms with E-state index in [-0.39, 0.29) is 17.4 Å². The first-order valence-electron chi connectivity index (χ1n) is 8.75. The average Bonchev–Trinajstić information content (AvgIpc) is 3.28. The van der Waals surface area contributed by atoms with Crippen LogP contribution in [0.4, 0.5) is 13.9 Å². The number of amides is 1. The highest BCUT2D eigenvalue weighted by Gasteiger charge is 2.21. The number of anilines is 1. The molecule has 0 aliphatic carbocycles. The Kier molecular flexibility index (Phi) is 7.11. The molecule has 1 amide bonds. The summed E-state index contributed by atoms with van der Waals surface area (Å²) in [7, 11) is 0. The van der Waals surface area contributed by atoms with Crippen LogP contribution in [0.2, 0.25) is 0 Å². The van der Waals surface area contributed by atoms with E-state index in [2.05, 4.69) is 32.3 Å². The molecular weight excluding hydrogens is 434 g/mol.